The van der Waals surface area contributed by atoms with Crippen LogP contribution in [0.5, 0.6) is 11.5 Å². The van der Waals surface area contributed by atoms with Gasteiger partial charge in [0.25, 0.3) is 0 Å². The van der Waals surface area contributed by atoms with Crippen LogP contribution in [0.4, 0.5) is 0 Å². The Hall–Kier alpha value is -1.95. The zero-order valence-corrected chi connectivity index (χ0v) is 15.3. The van der Waals surface area contributed by atoms with Crippen molar-refractivity contribution < 1.29 is 23.7 Å². The first-order valence-corrected chi connectivity index (χ1v) is 8.95. The van der Waals surface area contributed by atoms with Gasteiger partial charge in [0.05, 0.1) is 12.5 Å². The molecule has 0 N–H and O–H groups in total. The van der Waals surface area contributed by atoms with Gasteiger partial charge in [-0.1, -0.05) is 23.2 Å². The zero-order valence-electron chi connectivity index (χ0n) is 13.8. The Bertz CT molecular complexity index is 852. The van der Waals surface area contributed by atoms with Crippen LogP contribution >= 0.6 is 23.2 Å². The van der Waals surface area contributed by atoms with Crippen LogP contribution in [0.25, 0.3) is 0 Å². The van der Waals surface area contributed by atoms with Gasteiger partial charge in [-0.3, -0.25) is 4.79 Å². The standard InChI is InChI=1S/C19H16Cl2O5/c20-15-1-2-17-11(4-15)3-14(9-24-17)19(22)25-8-13-6-16(21)5-12-7-23-10-26-18(12)13/h1-2,4-6,14H,3,7-10H2. The molecule has 0 saturated carbocycles. The van der Waals surface area contributed by atoms with E-state index >= 15 is 0 Å². The maximum absolute atomic E-state index is 12.5. The van der Waals surface area contributed by atoms with Gasteiger partial charge >= 0.3 is 5.97 Å². The van der Waals surface area contributed by atoms with E-state index in [1.54, 1.807) is 18.2 Å². The summed E-state index contributed by atoms with van der Waals surface area (Å²) < 4.78 is 21.9. The number of ether oxygens (including phenoxy) is 4. The number of hydrogen-bond acceptors (Lipinski definition) is 5. The van der Waals surface area contributed by atoms with Crippen LogP contribution in [-0.2, 0) is 33.9 Å². The van der Waals surface area contributed by atoms with E-state index in [1.165, 1.54) is 0 Å². The average molecular weight is 395 g/mol. The SMILES string of the molecule is O=C(OCc1cc(Cl)cc2c1OCOC2)C1COc2ccc(Cl)cc2C1. The largest absolute Gasteiger partial charge is 0.492 e. The van der Waals surface area contributed by atoms with Crippen molar-refractivity contribution in [3.63, 3.8) is 0 Å². The highest BCUT2D eigenvalue weighted by atomic mass is 35.5. The lowest BCUT2D eigenvalue weighted by Gasteiger charge is -2.25. The molecule has 2 aromatic rings. The van der Waals surface area contributed by atoms with Crippen molar-refractivity contribution >= 4 is 29.2 Å². The number of esters is 1. The molecule has 0 aromatic heterocycles. The second-order valence-corrected chi connectivity index (χ2v) is 7.11. The molecule has 0 fully saturated rings. The molecular weight excluding hydrogens is 379 g/mol. The van der Waals surface area contributed by atoms with E-state index in [9.17, 15) is 4.79 Å². The van der Waals surface area contributed by atoms with E-state index in [4.69, 9.17) is 42.1 Å². The lowest BCUT2D eigenvalue weighted by Crippen LogP contribution is -2.29. The highest BCUT2D eigenvalue weighted by Gasteiger charge is 2.28. The average Bonchev–Trinajstić information content (AvgIpc) is 2.65. The van der Waals surface area contributed by atoms with Crippen molar-refractivity contribution in [2.75, 3.05) is 13.4 Å². The van der Waals surface area contributed by atoms with Gasteiger partial charge in [-0.2, -0.15) is 0 Å². The third kappa shape index (κ3) is 3.61. The van der Waals surface area contributed by atoms with Crippen molar-refractivity contribution in [3.05, 3.63) is 57.1 Å². The van der Waals surface area contributed by atoms with Gasteiger partial charge < -0.3 is 18.9 Å². The quantitative estimate of drug-likeness (QED) is 0.731. The fraction of sp³-hybridized carbons (Fsp3) is 0.316. The van der Waals surface area contributed by atoms with Crippen LogP contribution in [0.15, 0.2) is 30.3 Å². The molecule has 1 atom stereocenters. The molecule has 26 heavy (non-hydrogen) atoms. The second kappa shape index (κ2) is 7.35. The number of benzene rings is 2. The van der Waals surface area contributed by atoms with Gasteiger partial charge in [-0.15, -0.1) is 0 Å². The fourth-order valence-corrected chi connectivity index (χ4v) is 3.60. The summed E-state index contributed by atoms with van der Waals surface area (Å²) in [6.45, 7) is 0.959. The molecule has 2 aromatic carbocycles. The molecule has 4 rings (SSSR count). The van der Waals surface area contributed by atoms with Crippen molar-refractivity contribution in [3.8, 4) is 11.5 Å². The molecule has 2 heterocycles. The Balaban J connectivity index is 1.44. The third-order valence-electron chi connectivity index (χ3n) is 4.38. The molecule has 1 unspecified atom stereocenters. The number of hydrogen-bond donors (Lipinski definition) is 0. The molecule has 2 aliphatic rings. The summed E-state index contributed by atoms with van der Waals surface area (Å²) in [5.41, 5.74) is 2.48. The van der Waals surface area contributed by atoms with E-state index in [2.05, 4.69) is 0 Å². The molecule has 0 amide bonds. The highest BCUT2D eigenvalue weighted by Crippen LogP contribution is 2.33. The Morgan fingerprint density at radius 3 is 2.85 bits per heavy atom. The van der Waals surface area contributed by atoms with E-state index in [-0.39, 0.29) is 31.9 Å². The summed E-state index contributed by atoms with van der Waals surface area (Å²) in [4.78, 5) is 12.5. The summed E-state index contributed by atoms with van der Waals surface area (Å²) in [6, 6.07) is 8.93. The topological polar surface area (TPSA) is 54.0 Å². The van der Waals surface area contributed by atoms with E-state index in [1.807, 2.05) is 12.1 Å². The van der Waals surface area contributed by atoms with E-state index in [0.29, 0.717) is 28.8 Å². The van der Waals surface area contributed by atoms with Crippen LogP contribution in [0.1, 0.15) is 16.7 Å². The number of rotatable bonds is 3. The maximum atomic E-state index is 12.5. The Labute approximate surface area is 160 Å². The lowest BCUT2D eigenvalue weighted by molar-refractivity contribution is -0.151. The normalized spacial score (nSPS) is 18.2. The molecule has 5 nitrogen and oxygen atoms in total. The van der Waals surface area contributed by atoms with Crippen molar-refractivity contribution in [1.82, 2.24) is 0 Å². The predicted molar refractivity (Wildman–Crippen MR) is 95.7 cm³/mol. The lowest BCUT2D eigenvalue weighted by atomic mass is 9.97. The summed E-state index contributed by atoms with van der Waals surface area (Å²) in [7, 11) is 0. The zero-order chi connectivity index (χ0) is 18.1. The Kier molecular flexibility index (Phi) is 4.94. The molecular formula is C19H16Cl2O5. The van der Waals surface area contributed by atoms with Gasteiger partial charge in [-0.25, -0.2) is 0 Å². The molecule has 0 aliphatic carbocycles. The first-order chi connectivity index (χ1) is 12.6. The summed E-state index contributed by atoms with van der Waals surface area (Å²) >= 11 is 12.2. The molecule has 0 saturated heterocycles. The minimum atomic E-state index is -0.375. The van der Waals surface area contributed by atoms with Crippen LogP contribution in [0.2, 0.25) is 10.0 Å². The van der Waals surface area contributed by atoms with Gasteiger partial charge in [-0.05, 0) is 42.3 Å². The monoisotopic (exact) mass is 394 g/mol. The molecule has 2 aliphatic heterocycles. The molecule has 136 valence electrons. The third-order valence-corrected chi connectivity index (χ3v) is 4.84. The van der Waals surface area contributed by atoms with Crippen LogP contribution in [-0.4, -0.2) is 19.4 Å². The van der Waals surface area contributed by atoms with E-state index in [0.717, 1.165) is 22.4 Å². The Morgan fingerprint density at radius 1 is 1.12 bits per heavy atom. The summed E-state index contributed by atoms with van der Waals surface area (Å²) in [5, 5.41) is 1.17. The van der Waals surface area contributed by atoms with Crippen LogP contribution in [0.3, 0.4) is 0 Å². The van der Waals surface area contributed by atoms with Crippen molar-refractivity contribution in [2.24, 2.45) is 5.92 Å². The summed E-state index contributed by atoms with van der Waals surface area (Å²) in [5.74, 6) is 0.734. The van der Waals surface area contributed by atoms with Crippen molar-refractivity contribution in [1.29, 1.82) is 0 Å². The van der Waals surface area contributed by atoms with E-state index < -0.39 is 0 Å². The van der Waals surface area contributed by atoms with Crippen LogP contribution < -0.4 is 9.47 Å². The van der Waals surface area contributed by atoms with Crippen molar-refractivity contribution in [2.45, 2.75) is 19.6 Å². The molecule has 0 radical (unpaired) electrons. The summed E-state index contributed by atoms with van der Waals surface area (Å²) in [6.07, 6.45) is 0.534. The van der Waals surface area contributed by atoms with Gasteiger partial charge in [0.15, 0.2) is 6.79 Å². The minimum absolute atomic E-state index is 0.0840. The second-order valence-electron chi connectivity index (χ2n) is 6.24. The highest BCUT2D eigenvalue weighted by molar-refractivity contribution is 6.31. The van der Waals surface area contributed by atoms with Gasteiger partial charge in [0.1, 0.15) is 24.7 Å². The number of halogens is 2. The molecule has 0 bridgehead atoms. The maximum Gasteiger partial charge on any atom is 0.313 e. The molecule has 0 spiro atoms. The minimum Gasteiger partial charge on any atom is -0.492 e. The van der Waals surface area contributed by atoms with Crippen LogP contribution in [0, 0.1) is 5.92 Å². The fourth-order valence-electron chi connectivity index (χ4n) is 3.15. The Morgan fingerprint density at radius 2 is 1.96 bits per heavy atom. The first-order valence-electron chi connectivity index (χ1n) is 8.20. The first kappa shape index (κ1) is 17.5. The predicted octanol–water partition coefficient (Wildman–Crippen LogP) is 4.15. The number of carbonyl (C=O) groups is 1. The number of carbonyl (C=O) groups excluding carboxylic acids is 1. The van der Waals surface area contributed by atoms with Gasteiger partial charge in [0, 0.05) is 21.2 Å². The van der Waals surface area contributed by atoms with Gasteiger partial charge in [0.2, 0.25) is 0 Å². The smallest absolute Gasteiger partial charge is 0.313 e. The molecule has 7 heteroatoms. The number of fused-ring (bicyclic) bond motifs is 2.